The lowest BCUT2D eigenvalue weighted by Gasteiger charge is -2.30. The molecule has 0 spiro atoms. The molecule has 1 unspecified atom stereocenters. The molecule has 4 rings (SSSR count). The number of hydrogen-bond donors (Lipinski definition) is 1. The second-order valence-electron chi connectivity index (χ2n) is 7.85. The summed E-state index contributed by atoms with van der Waals surface area (Å²) < 4.78 is 10.9. The van der Waals surface area contributed by atoms with E-state index in [1.807, 2.05) is 62.4 Å². The second kappa shape index (κ2) is 9.75. The zero-order chi connectivity index (χ0) is 21.6. The number of ether oxygens (including phenoxy) is 1. The summed E-state index contributed by atoms with van der Waals surface area (Å²) in [5.41, 5.74) is 2.87. The van der Waals surface area contributed by atoms with E-state index in [4.69, 9.17) is 9.26 Å². The highest BCUT2D eigenvalue weighted by Gasteiger charge is 2.27. The Morgan fingerprint density at radius 3 is 2.81 bits per heavy atom. The van der Waals surface area contributed by atoms with Gasteiger partial charge in [-0.3, -0.25) is 9.69 Å². The highest BCUT2D eigenvalue weighted by atomic mass is 16.5. The third-order valence-electron chi connectivity index (χ3n) is 5.52. The third-order valence-corrected chi connectivity index (χ3v) is 5.52. The Morgan fingerprint density at radius 2 is 2.03 bits per heavy atom. The molecule has 0 saturated carbocycles. The molecule has 0 aliphatic carbocycles. The molecule has 31 heavy (non-hydrogen) atoms. The van der Waals surface area contributed by atoms with Gasteiger partial charge in [-0.25, -0.2) is 0 Å². The first-order chi connectivity index (χ1) is 15.1. The van der Waals surface area contributed by atoms with E-state index >= 15 is 0 Å². The fourth-order valence-corrected chi connectivity index (χ4v) is 3.90. The molecule has 0 radical (unpaired) electrons. The number of amides is 1. The normalized spacial score (nSPS) is 16.8. The summed E-state index contributed by atoms with van der Waals surface area (Å²) in [4.78, 5) is 19.6. The van der Waals surface area contributed by atoms with Gasteiger partial charge in [-0.05, 0) is 63.1 Å². The summed E-state index contributed by atoms with van der Waals surface area (Å²) in [7, 11) is 0. The molecule has 162 valence electrons. The Morgan fingerprint density at radius 1 is 1.23 bits per heavy atom. The molecule has 2 aromatic carbocycles. The molecule has 1 saturated heterocycles. The standard InChI is InChI=1S/C24H28N4O3/c1-3-30-20-12-10-19(11-13-20)25-24(29)18-8-6-14-28(15-18)16-22-26-23(27-31-22)21-9-5-4-7-17(21)2/h4-5,7,9-13,18H,3,6,8,14-16H2,1-2H3,(H,25,29). The van der Waals surface area contributed by atoms with Crippen molar-refractivity contribution in [3.8, 4) is 17.1 Å². The maximum absolute atomic E-state index is 12.8. The number of nitrogens with one attached hydrogen (secondary N) is 1. The Kier molecular flexibility index (Phi) is 6.62. The van der Waals surface area contributed by atoms with Gasteiger partial charge in [-0.2, -0.15) is 4.98 Å². The summed E-state index contributed by atoms with van der Waals surface area (Å²) in [6.07, 6.45) is 1.83. The Hall–Kier alpha value is -3.19. The molecule has 1 atom stereocenters. The zero-order valence-corrected chi connectivity index (χ0v) is 18.0. The molecule has 0 bridgehead atoms. The maximum Gasteiger partial charge on any atom is 0.241 e. The Bertz CT molecular complexity index is 1020. The minimum atomic E-state index is -0.0703. The van der Waals surface area contributed by atoms with E-state index in [2.05, 4.69) is 20.4 Å². The van der Waals surface area contributed by atoms with E-state index < -0.39 is 0 Å². The summed E-state index contributed by atoms with van der Waals surface area (Å²) in [5, 5.41) is 7.17. The zero-order valence-electron chi connectivity index (χ0n) is 18.0. The van der Waals surface area contributed by atoms with Crippen LogP contribution in [0.3, 0.4) is 0 Å². The van der Waals surface area contributed by atoms with Gasteiger partial charge in [0, 0.05) is 17.8 Å². The molecule has 1 aliphatic heterocycles. The molecule has 1 aliphatic rings. The third kappa shape index (κ3) is 5.30. The van der Waals surface area contributed by atoms with Crippen LogP contribution in [-0.2, 0) is 11.3 Å². The van der Waals surface area contributed by atoms with E-state index in [9.17, 15) is 4.79 Å². The smallest absolute Gasteiger partial charge is 0.241 e. The van der Waals surface area contributed by atoms with Crippen molar-refractivity contribution in [3.05, 3.63) is 60.0 Å². The van der Waals surface area contributed by atoms with Crippen molar-refractivity contribution in [1.29, 1.82) is 0 Å². The summed E-state index contributed by atoms with van der Waals surface area (Å²) >= 11 is 0. The van der Waals surface area contributed by atoms with E-state index in [1.54, 1.807) is 0 Å². The number of aryl methyl sites for hydroxylation is 1. The summed E-state index contributed by atoms with van der Waals surface area (Å²) in [6, 6.07) is 15.5. The van der Waals surface area contributed by atoms with Gasteiger partial charge >= 0.3 is 0 Å². The average Bonchev–Trinajstić information content (AvgIpc) is 3.24. The van der Waals surface area contributed by atoms with Crippen molar-refractivity contribution < 1.29 is 14.1 Å². The molecule has 1 fully saturated rings. The highest BCUT2D eigenvalue weighted by molar-refractivity contribution is 5.92. The van der Waals surface area contributed by atoms with E-state index in [1.165, 1.54) is 0 Å². The number of rotatable bonds is 7. The number of carbonyl (C=O) groups excluding carboxylic acids is 1. The molecule has 1 N–H and O–H groups in total. The van der Waals surface area contributed by atoms with E-state index in [0.29, 0.717) is 31.4 Å². The van der Waals surface area contributed by atoms with Crippen LogP contribution in [0.15, 0.2) is 53.1 Å². The predicted octanol–water partition coefficient (Wildman–Crippen LogP) is 4.29. The molecule has 7 nitrogen and oxygen atoms in total. The van der Waals surface area contributed by atoms with Crippen molar-refractivity contribution in [2.45, 2.75) is 33.2 Å². The van der Waals surface area contributed by atoms with Gasteiger partial charge in [-0.1, -0.05) is 29.4 Å². The van der Waals surface area contributed by atoms with Crippen LogP contribution in [0.5, 0.6) is 5.75 Å². The predicted molar refractivity (Wildman–Crippen MR) is 119 cm³/mol. The van der Waals surface area contributed by atoms with Crippen molar-refractivity contribution in [2.75, 3.05) is 25.0 Å². The quantitative estimate of drug-likeness (QED) is 0.614. The van der Waals surface area contributed by atoms with Crippen molar-refractivity contribution in [1.82, 2.24) is 15.0 Å². The van der Waals surface area contributed by atoms with Gasteiger partial charge in [0.1, 0.15) is 5.75 Å². The monoisotopic (exact) mass is 420 g/mol. The van der Waals surface area contributed by atoms with Gasteiger partial charge in [-0.15, -0.1) is 0 Å². The lowest BCUT2D eigenvalue weighted by molar-refractivity contribution is -0.121. The van der Waals surface area contributed by atoms with Crippen LogP contribution in [0.1, 0.15) is 31.2 Å². The number of anilines is 1. The number of nitrogens with zero attached hydrogens (tertiary/aromatic N) is 3. The maximum atomic E-state index is 12.8. The largest absolute Gasteiger partial charge is 0.494 e. The first-order valence-corrected chi connectivity index (χ1v) is 10.8. The molecule has 1 aromatic heterocycles. The van der Waals surface area contributed by atoms with Crippen LogP contribution >= 0.6 is 0 Å². The fraction of sp³-hybridized carbons (Fsp3) is 0.375. The molecular weight excluding hydrogens is 392 g/mol. The number of likely N-dealkylation sites (tertiary alicyclic amines) is 1. The van der Waals surface area contributed by atoms with Gasteiger partial charge in [0.05, 0.1) is 19.1 Å². The van der Waals surface area contributed by atoms with Crippen molar-refractivity contribution >= 4 is 11.6 Å². The van der Waals surface area contributed by atoms with Crippen LogP contribution in [-0.4, -0.2) is 40.6 Å². The van der Waals surface area contributed by atoms with Gasteiger partial charge in [0.25, 0.3) is 0 Å². The Labute approximate surface area is 182 Å². The second-order valence-corrected chi connectivity index (χ2v) is 7.85. The molecular formula is C24H28N4O3. The van der Waals surface area contributed by atoms with Gasteiger partial charge < -0.3 is 14.6 Å². The van der Waals surface area contributed by atoms with Crippen LogP contribution in [0.4, 0.5) is 5.69 Å². The lowest BCUT2D eigenvalue weighted by Crippen LogP contribution is -2.40. The summed E-state index contributed by atoms with van der Waals surface area (Å²) in [6.45, 7) is 6.73. The Balaban J connectivity index is 1.34. The number of hydrogen-bond acceptors (Lipinski definition) is 6. The first-order valence-electron chi connectivity index (χ1n) is 10.8. The van der Waals surface area contributed by atoms with Gasteiger partial charge in [0.15, 0.2) is 0 Å². The van der Waals surface area contributed by atoms with Crippen molar-refractivity contribution in [2.24, 2.45) is 5.92 Å². The van der Waals surface area contributed by atoms with Crippen LogP contribution < -0.4 is 10.1 Å². The first kappa shape index (κ1) is 21.1. The van der Waals surface area contributed by atoms with Crippen molar-refractivity contribution in [3.63, 3.8) is 0 Å². The number of benzene rings is 2. The van der Waals surface area contributed by atoms with Gasteiger partial charge in [0.2, 0.25) is 17.6 Å². The van der Waals surface area contributed by atoms with E-state index in [0.717, 1.165) is 42.0 Å². The fourth-order valence-electron chi connectivity index (χ4n) is 3.90. The lowest BCUT2D eigenvalue weighted by atomic mass is 9.97. The highest BCUT2D eigenvalue weighted by Crippen LogP contribution is 2.23. The van der Waals surface area contributed by atoms with Crippen LogP contribution in [0, 0.1) is 12.8 Å². The molecule has 2 heterocycles. The molecule has 3 aromatic rings. The molecule has 7 heteroatoms. The van der Waals surface area contributed by atoms with Crippen LogP contribution in [0.25, 0.3) is 11.4 Å². The van der Waals surface area contributed by atoms with Crippen LogP contribution in [0.2, 0.25) is 0 Å². The topological polar surface area (TPSA) is 80.5 Å². The number of aromatic nitrogens is 2. The van der Waals surface area contributed by atoms with E-state index in [-0.39, 0.29) is 11.8 Å². The minimum absolute atomic E-state index is 0.0417. The summed E-state index contributed by atoms with van der Waals surface area (Å²) in [5.74, 6) is 1.95. The average molecular weight is 421 g/mol. The minimum Gasteiger partial charge on any atom is -0.494 e. The number of piperidine rings is 1. The number of carbonyl (C=O) groups is 1. The SMILES string of the molecule is CCOc1ccc(NC(=O)C2CCCN(Cc3nc(-c4ccccc4C)no3)C2)cc1. The molecule has 1 amide bonds.